The van der Waals surface area contributed by atoms with Crippen LogP contribution in [0, 0.1) is 0 Å². The van der Waals surface area contributed by atoms with Crippen LogP contribution in [-0.2, 0) is 6.42 Å². The Morgan fingerprint density at radius 1 is 0.821 bits per heavy atom. The molecule has 0 aliphatic heterocycles. The lowest BCUT2D eigenvalue weighted by Gasteiger charge is -2.37. The van der Waals surface area contributed by atoms with Gasteiger partial charge in [-0.05, 0) is 17.5 Å². The summed E-state index contributed by atoms with van der Waals surface area (Å²) in [5, 5.41) is 9.67. The van der Waals surface area contributed by atoms with E-state index >= 15 is 0 Å². The van der Waals surface area contributed by atoms with E-state index in [2.05, 4.69) is 0 Å². The van der Waals surface area contributed by atoms with Gasteiger partial charge in [0.2, 0.25) is 0 Å². The first-order valence-corrected chi connectivity index (χ1v) is 7.77. The van der Waals surface area contributed by atoms with Crippen LogP contribution in [0.1, 0.15) is 37.0 Å². The van der Waals surface area contributed by atoms with Crippen LogP contribution in [0.3, 0.4) is 0 Å². The van der Waals surface area contributed by atoms with Gasteiger partial charge in [-0.25, -0.2) is 0 Å². The highest BCUT2D eigenvalue weighted by atomic mass is 19.4. The Morgan fingerprint density at radius 3 is 1.82 bits per heavy atom. The minimum absolute atomic E-state index is 0.392. The second kappa shape index (κ2) is 7.68. The van der Waals surface area contributed by atoms with Crippen molar-refractivity contribution < 1.29 is 53.4 Å². The molecule has 0 fully saturated rings. The third kappa shape index (κ3) is 4.20. The Kier molecular flexibility index (Phi) is 6.70. The van der Waals surface area contributed by atoms with Crippen molar-refractivity contribution in [2.24, 2.45) is 0 Å². The van der Waals surface area contributed by atoms with Crippen molar-refractivity contribution in [2.75, 3.05) is 0 Å². The fraction of sp³-hybridized carbons (Fsp3) is 0.625. The molecule has 28 heavy (non-hydrogen) atoms. The first-order chi connectivity index (χ1) is 12.4. The van der Waals surface area contributed by atoms with Gasteiger partial charge in [0.15, 0.2) is 0 Å². The van der Waals surface area contributed by atoms with Crippen LogP contribution in [0.4, 0.5) is 48.3 Å². The summed E-state index contributed by atoms with van der Waals surface area (Å²) >= 11 is 0. The number of halogens is 11. The minimum atomic E-state index is -7.47. The topological polar surface area (TPSA) is 20.2 Å². The number of aliphatic hydroxyl groups is 1. The monoisotopic (exact) mass is 432 g/mol. The minimum Gasteiger partial charge on any atom is -0.388 e. The summed E-state index contributed by atoms with van der Waals surface area (Å²) in [6.07, 6.45) is -11.3. The predicted molar refractivity (Wildman–Crippen MR) is 75.9 cm³/mol. The molecule has 1 unspecified atom stereocenters. The van der Waals surface area contributed by atoms with Crippen LogP contribution in [0.5, 0.6) is 0 Å². The summed E-state index contributed by atoms with van der Waals surface area (Å²) in [5.74, 6) is -28.1. The molecule has 0 aromatic heterocycles. The predicted octanol–water partition coefficient (Wildman–Crippen LogP) is 6.17. The summed E-state index contributed by atoms with van der Waals surface area (Å²) < 4.78 is 142. The Hall–Kier alpha value is -1.59. The number of rotatable bonds is 8. The molecule has 0 radical (unpaired) electrons. The summed E-state index contributed by atoms with van der Waals surface area (Å²) in [5.41, 5.74) is 0.0652. The lowest BCUT2D eigenvalue weighted by molar-refractivity contribution is -0.423. The molecule has 1 aromatic rings. The van der Waals surface area contributed by atoms with Gasteiger partial charge in [-0.3, -0.25) is 0 Å². The third-order valence-electron chi connectivity index (χ3n) is 3.93. The SMILES string of the molecule is CCCc1cccc(C(O)CC(F)(F)C(F)(F)C(F)(F)C(F)(F)C(F)(F)F)c1. The molecular weight excluding hydrogens is 417 g/mol. The van der Waals surface area contributed by atoms with E-state index in [1.54, 1.807) is 6.92 Å². The lowest BCUT2D eigenvalue weighted by atomic mass is 9.92. The molecule has 0 heterocycles. The molecule has 1 nitrogen and oxygen atoms in total. The summed E-state index contributed by atoms with van der Waals surface area (Å²) in [6.45, 7) is 1.74. The highest BCUT2D eigenvalue weighted by Crippen LogP contribution is 2.58. The van der Waals surface area contributed by atoms with Crippen molar-refractivity contribution in [2.45, 2.75) is 62.2 Å². The van der Waals surface area contributed by atoms with Gasteiger partial charge < -0.3 is 5.11 Å². The van der Waals surface area contributed by atoms with Crippen LogP contribution >= 0.6 is 0 Å². The molecule has 0 amide bonds. The molecular formula is C16H15F11O. The zero-order chi connectivity index (χ0) is 22.2. The Labute approximate surface area is 152 Å². The molecule has 1 atom stereocenters. The second-order valence-corrected chi connectivity index (χ2v) is 6.14. The van der Waals surface area contributed by atoms with E-state index in [4.69, 9.17) is 0 Å². The zero-order valence-electron chi connectivity index (χ0n) is 14.1. The Morgan fingerprint density at radius 2 is 1.36 bits per heavy atom. The Balaban J connectivity index is 3.21. The summed E-state index contributed by atoms with van der Waals surface area (Å²) in [4.78, 5) is 0. The maximum Gasteiger partial charge on any atom is 0.460 e. The number of aliphatic hydroxyl groups excluding tert-OH is 1. The van der Waals surface area contributed by atoms with Crippen molar-refractivity contribution in [1.29, 1.82) is 0 Å². The first kappa shape index (κ1) is 24.4. The van der Waals surface area contributed by atoms with E-state index in [-0.39, 0.29) is 0 Å². The molecule has 162 valence electrons. The van der Waals surface area contributed by atoms with Gasteiger partial charge in [0.05, 0.1) is 6.10 Å². The maximum absolute atomic E-state index is 13.7. The van der Waals surface area contributed by atoms with Gasteiger partial charge in [0.1, 0.15) is 0 Å². The standard InChI is InChI=1S/C16H15F11O/c1-2-4-9-5-3-6-10(7-9)11(28)8-12(17,18)13(19,20)14(21,22)15(23,24)16(25,26)27/h3,5-7,11,28H,2,4,8H2,1H3. The highest BCUT2D eigenvalue weighted by molar-refractivity contribution is 5.26. The van der Waals surface area contributed by atoms with Gasteiger partial charge >= 0.3 is 29.9 Å². The molecule has 12 heteroatoms. The summed E-state index contributed by atoms with van der Waals surface area (Å²) in [7, 11) is 0. The van der Waals surface area contributed by atoms with E-state index in [9.17, 15) is 53.4 Å². The van der Waals surface area contributed by atoms with Crippen molar-refractivity contribution >= 4 is 0 Å². The van der Waals surface area contributed by atoms with Gasteiger partial charge in [-0.1, -0.05) is 37.6 Å². The second-order valence-electron chi connectivity index (χ2n) is 6.14. The number of benzene rings is 1. The first-order valence-electron chi connectivity index (χ1n) is 7.77. The maximum atomic E-state index is 13.7. The van der Waals surface area contributed by atoms with E-state index in [1.165, 1.54) is 12.1 Å². The zero-order valence-corrected chi connectivity index (χ0v) is 14.1. The van der Waals surface area contributed by atoms with Crippen LogP contribution in [-0.4, -0.2) is 35.0 Å². The van der Waals surface area contributed by atoms with E-state index in [0.29, 0.717) is 18.4 Å². The molecule has 1 rings (SSSR count). The van der Waals surface area contributed by atoms with Crippen molar-refractivity contribution in [3.63, 3.8) is 0 Å². The molecule has 0 saturated heterocycles. The van der Waals surface area contributed by atoms with E-state index in [0.717, 1.165) is 12.1 Å². The van der Waals surface area contributed by atoms with Crippen LogP contribution < -0.4 is 0 Å². The molecule has 0 aliphatic carbocycles. The molecule has 0 spiro atoms. The normalized spacial score (nSPS) is 15.6. The highest BCUT2D eigenvalue weighted by Gasteiger charge is 2.87. The molecule has 1 aromatic carbocycles. The van der Waals surface area contributed by atoms with Crippen LogP contribution in [0.15, 0.2) is 24.3 Å². The summed E-state index contributed by atoms with van der Waals surface area (Å²) in [6, 6.07) is 4.82. The lowest BCUT2D eigenvalue weighted by Crippen LogP contribution is -2.66. The molecule has 0 bridgehead atoms. The number of hydrogen-bond donors (Lipinski definition) is 1. The number of hydrogen-bond acceptors (Lipinski definition) is 1. The largest absolute Gasteiger partial charge is 0.460 e. The third-order valence-corrected chi connectivity index (χ3v) is 3.93. The van der Waals surface area contributed by atoms with Crippen molar-refractivity contribution in [1.82, 2.24) is 0 Å². The van der Waals surface area contributed by atoms with Gasteiger partial charge in [-0.15, -0.1) is 0 Å². The number of aryl methyl sites for hydroxylation is 1. The molecule has 0 aliphatic rings. The van der Waals surface area contributed by atoms with Crippen LogP contribution in [0.25, 0.3) is 0 Å². The number of alkyl halides is 11. The average Bonchev–Trinajstić information content (AvgIpc) is 2.53. The quantitative estimate of drug-likeness (QED) is 0.488. The van der Waals surface area contributed by atoms with Crippen molar-refractivity contribution in [3.05, 3.63) is 35.4 Å². The Bertz CT molecular complexity index is 667. The van der Waals surface area contributed by atoms with Gasteiger partial charge in [0, 0.05) is 6.42 Å². The van der Waals surface area contributed by atoms with Gasteiger partial charge in [0.25, 0.3) is 0 Å². The average molecular weight is 432 g/mol. The van der Waals surface area contributed by atoms with Crippen molar-refractivity contribution in [3.8, 4) is 0 Å². The van der Waals surface area contributed by atoms with Crippen LogP contribution in [0.2, 0.25) is 0 Å². The molecule has 1 N–H and O–H groups in total. The fourth-order valence-corrected chi connectivity index (χ4v) is 2.34. The smallest absolute Gasteiger partial charge is 0.388 e. The fourth-order valence-electron chi connectivity index (χ4n) is 2.34. The van der Waals surface area contributed by atoms with Gasteiger partial charge in [-0.2, -0.15) is 48.3 Å². The van der Waals surface area contributed by atoms with E-state index < -0.39 is 48.0 Å². The van der Waals surface area contributed by atoms with E-state index in [1.807, 2.05) is 0 Å². The molecule has 0 saturated carbocycles.